The third kappa shape index (κ3) is 16.2. The summed E-state index contributed by atoms with van der Waals surface area (Å²) in [7, 11) is 1.50. The molecule has 0 fully saturated rings. The van der Waals surface area contributed by atoms with Crippen molar-refractivity contribution >= 4 is 5.91 Å². The summed E-state index contributed by atoms with van der Waals surface area (Å²) in [5.74, 6) is -1.80. The number of aliphatic hydroxyl groups is 6. The van der Waals surface area contributed by atoms with E-state index in [0.29, 0.717) is 18.5 Å². The van der Waals surface area contributed by atoms with Crippen LogP contribution in [0.1, 0.15) is 18.5 Å². The quantitative estimate of drug-likeness (QED) is 0.0604. The van der Waals surface area contributed by atoms with Gasteiger partial charge in [-0.15, -0.1) is 5.10 Å². The standard InChI is InChI=1S/C23H44N4O10.CH5N/c24-22(34)3-1-2-21-4-27(26-25-21)14-23(15-35-11-18(5-28)6-29,16-36-12-19(7-30)8-31)17-37-13-20(9-32)10-33;1-2/h4,18-20,28-33H,1-3,5-17H2,(H2,24,34);2H2,1H3. The van der Waals surface area contributed by atoms with Crippen molar-refractivity contribution in [3.8, 4) is 0 Å². The second-order valence-electron chi connectivity index (χ2n) is 9.47. The van der Waals surface area contributed by atoms with E-state index in [4.69, 9.17) is 19.9 Å². The SMILES string of the molecule is CN.NC(=O)CCCc1cn(CC(COCC(CO)CO)(COCC(CO)CO)COCC(CO)CO)nn1. The molecule has 0 radical (unpaired) electrons. The number of amides is 1. The van der Waals surface area contributed by atoms with E-state index < -0.39 is 29.1 Å². The summed E-state index contributed by atoms with van der Waals surface area (Å²) < 4.78 is 19.1. The zero-order valence-electron chi connectivity index (χ0n) is 22.9. The minimum Gasteiger partial charge on any atom is -0.396 e. The lowest BCUT2D eigenvalue weighted by molar-refractivity contribution is -0.118. The number of ether oxygens (including phenoxy) is 3. The van der Waals surface area contributed by atoms with Gasteiger partial charge in [-0.2, -0.15) is 0 Å². The lowest BCUT2D eigenvalue weighted by Gasteiger charge is -2.34. The van der Waals surface area contributed by atoms with Gasteiger partial charge in [-0.25, -0.2) is 0 Å². The molecule has 0 unspecified atom stereocenters. The fourth-order valence-electron chi connectivity index (χ4n) is 3.40. The molecule has 1 rings (SSSR count). The molecule has 1 heterocycles. The predicted octanol–water partition coefficient (Wildman–Crippen LogP) is -3.50. The molecule has 0 spiro atoms. The average molecular weight is 568 g/mol. The third-order valence-electron chi connectivity index (χ3n) is 5.77. The van der Waals surface area contributed by atoms with E-state index in [1.807, 2.05) is 0 Å². The number of nitrogens with two attached hydrogens (primary N) is 2. The molecule has 0 aliphatic rings. The zero-order chi connectivity index (χ0) is 29.5. The lowest BCUT2D eigenvalue weighted by Crippen LogP contribution is -2.43. The summed E-state index contributed by atoms with van der Waals surface area (Å²) in [5, 5.41) is 64.6. The maximum Gasteiger partial charge on any atom is 0.217 e. The van der Waals surface area contributed by atoms with Crippen molar-refractivity contribution in [1.82, 2.24) is 15.0 Å². The maximum atomic E-state index is 11.0. The van der Waals surface area contributed by atoms with Gasteiger partial charge in [-0.1, -0.05) is 5.21 Å². The Kier molecular flexibility index (Phi) is 21.9. The van der Waals surface area contributed by atoms with E-state index >= 15 is 0 Å². The Labute approximate surface area is 229 Å². The highest BCUT2D eigenvalue weighted by molar-refractivity contribution is 5.73. The number of hydrogen-bond acceptors (Lipinski definition) is 13. The summed E-state index contributed by atoms with van der Waals surface area (Å²) in [6, 6.07) is 0. The van der Waals surface area contributed by atoms with Gasteiger partial charge in [0, 0.05) is 30.4 Å². The molecule has 1 amide bonds. The molecule has 10 N–H and O–H groups in total. The number of aryl methyl sites for hydroxylation is 1. The number of nitrogens with zero attached hydrogens (tertiary/aromatic N) is 3. The van der Waals surface area contributed by atoms with Crippen LogP contribution in [0.15, 0.2) is 6.20 Å². The number of carbonyl (C=O) groups excluding carboxylic acids is 1. The molecule has 39 heavy (non-hydrogen) atoms. The molecule has 15 nitrogen and oxygen atoms in total. The molecular weight excluding hydrogens is 518 g/mol. The highest BCUT2D eigenvalue weighted by Gasteiger charge is 2.34. The second kappa shape index (κ2) is 23.0. The third-order valence-corrected chi connectivity index (χ3v) is 5.77. The first kappa shape index (κ1) is 37.2. The highest BCUT2D eigenvalue weighted by Crippen LogP contribution is 2.24. The van der Waals surface area contributed by atoms with Gasteiger partial charge in [0.2, 0.25) is 5.91 Å². The van der Waals surface area contributed by atoms with Crippen molar-refractivity contribution in [3.63, 3.8) is 0 Å². The first-order valence-electron chi connectivity index (χ1n) is 13.0. The van der Waals surface area contributed by atoms with Gasteiger partial charge in [-0.05, 0) is 19.9 Å². The van der Waals surface area contributed by atoms with Crippen LogP contribution in [-0.4, -0.2) is 138 Å². The van der Waals surface area contributed by atoms with Gasteiger partial charge in [0.15, 0.2) is 0 Å². The van der Waals surface area contributed by atoms with E-state index in [2.05, 4.69) is 16.0 Å². The Bertz CT molecular complexity index is 670. The summed E-state index contributed by atoms with van der Waals surface area (Å²) in [6.07, 6.45) is 3.01. The van der Waals surface area contributed by atoms with E-state index in [1.165, 1.54) is 7.05 Å². The molecule has 0 atom stereocenters. The Morgan fingerprint density at radius 2 is 1.26 bits per heavy atom. The number of hydrogen-bond donors (Lipinski definition) is 8. The Balaban J connectivity index is 0.00000704. The van der Waals surface area contributed by atoms with Crippen LogP contribution in [0.5, 0.6) is 0 Å². The molecule has 0 bridgehead atoms. The van der Waals surface area contributed by atoms with Crippen molar-refractivity contribution in [2.45, 2.75) is 25.8 Å². The van der Waals surface area contributed by atoms with Gasteiger partial charge < -0.3 is 56.3 Å². The fraction of sp³-hybridized carbons (Fsp3) is 0.875. The smallest absolute Gasteiger partial charge is 0.217 e. The average Bonchev–Trinajstić information content (AvgIpc) is 3.39. The molecule has 15 heteroatoms. The Hall–Kier alpha value is -1.79. The monoisotopic (exact) mass is 567 g/mol. The molecule has 1 aromatic rings. The van der Waals surface area contributed by atoms with Crippen molar-refractivity contribution in [2.24, 2.45) is 34.6 Å². The summed E-state index contributed by atoms with van der Waals surface area (Å²) >= 11 is 0. The topological polar surface area (TPSA) is 249 Å². The van der Waals surface area contributed by atoms with Gasteiger partial charge in [0.05, 0.1) is 96.9 Å². The molecule has 0 saturated carbocycles. The van der Waals surface area contributed by atoms with Crippen molar-refractivity contribution in [2.75, 3.05) is 86.3 Å². The number of rotatable bonds is 24. The van der Waals surface area contributed by atoms with Gasteiger partial charge in [0.25, 0.3) is 0 Å². The van der Waals surface area contributed by atoms with Crippen LogP contribution in [0.4, 0.5) is 0 Å². The normalized spacial score (nSPS) is 11.9. The Morgan fingerprint density at radius 3 is 1.62 bits per heavy atom. The molecule has 0 aromatic carbocycles. The fourth-order valence-corrected chi connectivity index (χ4v) is 3.40. The minimum absolute atomic E-state index is 0.0756. The van der Waals surface area contributed by atoms with Gasteiger partial charge >= 0.3 is 0 Å². The molecule has 230 valence electrons. The largest absolute Gasteiger partial charge is 0.396 e. The van der Waals surface area contributed by atoms with Gasteiger partial charge in [0.1, 0.15) is 0 Å². The van der Waals surface area contributed by atoms with Crippen LogP contribution in [-0.2, 0) is 32.0 Å². The zero-order valence-corrected chi connectivity index (χ0v) is 22.9. The van der Waals surface area contributed by atoms with Crippen LogP contribution in [0.2, 0.25) is 0 Å². The molecular formula is C24H49N5O10. The lowest BCUT2D eigenvalue weighted by atomic mass is 9.90. The predicted molar refractivity (Wildman–Crippen MR) is 140 cm³/mol. The van der Waals surface area contributed by atoms with Crippen LogP contribution in [0, 0.1) is 23.2 Å². The number of carbonyl (C=O) groups is 1. The van der Waals surface area contributed by atoms with E-state index in [1.54, 1.807) is 10.9 Å². The molecule has 0 aliphatic carbocycles. The van der Waals surface area contributed by atoms with Crippen LogP contribution >= 0.6 is 0 Å². The molecule has 0 aliphatic heterocycles. The van der Waals surface area contributed by atoms with Gasteiger partial charge in [-0.3, -0.25) is 9.48 Å². The van der Waals surface area contributed by atoms with Crippen LogP contribution < -0.4 is 11.5 Å². The Morgan fingerprint density at radius 1 is 0.846 bits per heavy atom. The molecule has 1 aromatic heterocycles. The second-order valence-corrected chi connectivity index (χ2v) is 9.47. The molecule has 0 saturated heterocycles. The van der Waals surface area contributed by atoms with E-state index in [-0.39, 0.29) is 92.2 Å². The number of aliphatic hydroxyl groups excluding tert-OH is 6. The summed E-state index contributed by atoms with van der Waals surface area (Å²) in [6.45, 7) is -0.822. The first-order valence-corrected chi connectivity index (χ1v) is 13.0. The van der Waals surface area contributed by atoms with Crippen molar-refractivity contribution in [1.29, 1.82) is 0 Å². The highest BCUT2D eigenvalue weighted by atomic mass is 16.5. The van der Waals surface area contributed by atoms with Crippen molar-refractivity contribution in [3.05, 3.63) is 11.9 Å². The number of aromatic nitrogens is 3. The van der Waals surface area contributed by atoms with E-state index in [9.17, 15) is 35.4 Å². The van der Waals surface area contributed by atoms with Crippen molar-refractivity contribution < 1.29 is 49.6 Å². The van der Waals surface area contributed by atoms with Crippen LogP contribution in [0.3, 0.4) is 0 Å². The maximum absolute atomic E-state index is 11.0. The number of primary amides is 1. The summed E-state index contributed by atoms with van der Waals surface area (Å²) in [5.41, 5.74) is 9.50. The van der Waals surface area contributed by atoms with E-state index in [0.717, 1.165) is 0 Å². The summed E-state index contributed by atoms with van der Waals surface area (Å²) in [4.78, 5) is 11.0. The minimum atomic E-state index is -0.863. The first-order chi connectivity index (χ1) is 18.8. The van der Waals surface area contributed by atoms with Crippen LogP contribution in [0.25, 0.3) is 0 Å².